The minimum atomic E-state index is -4.38. The maximum Gasteiger partial charge on any atom is 0.422 e. The summed E-state index contributed by atoms with van der Waals surface area (Å²) in [7, 11) is 1.63. The lowest BCUT2D eigenvalue weighted by atomic mass is 10.3. The molecule has 0 atom stereocenters. The molecular formula is C17H28F3IN4O3. The number of pyridine rings is 1. The Kier molecular flexibility index (Phi) is 14.8. The van der Waals surface area contributed by atoms with E-state index in [0.717, 1.165) is 12.0 Å². The van der Waals surface area contributed by atoms with Gasteiger partial charge >= 0.3 is 6.18 Å². The van der Waals surface area contributed by atoms with Crippen LogP contribution in [0.25, 0.3) is 0 Å². The Morgan fingerprint density at radius 2 is 1.96 bits per heavy atom. The minimum absolute atomic E-state index is 0. The number of hydrogen-bond acceptors (Lipinski definition) is 5. The van der Waals surface area contributed by atoms with Crippen LogP contribution >= 0.6 is 24.0 Å². The molecule has 0 amide bonds. The van der Waals surface area contributed by atoms with E-state index in [1.54, 1.807) is 13.2 Å². The molecule has 7 nitrogen and oxygen atoms in total. The zero-order valence-corrected chi connectivity index (χ0v) is 18.4. The molecule has 1 heterocycles. The number of aliphatic imine (C=N–C) groups is 1. The molecule has 28 heavy (non-hydrogen) atoms. The van der Waals surface area contributed by atoms with E-state index in [1.165, 1.54) is 12.3 Å². The predicted octanol–water partition coefficient (Wildman–Crippen LogP) is 2.75. The standard InChI is InChI=1S/C17H27F3N4O3.HI/c1-3-21-16(22-7-4-8-26-10-9-25-2)24-12-14-5-6-15(23-11-14)27-13-17(18,19)20;/h5-6,11H,3-4,7-10,12-13H2,1-2H3,(H2,21,22,24);1H. The highest BCUT2D eigenvalue weighted by atomic mass is 127. The molecule has 0 aliphatic carbocycles. The maximum absolute atomic E-state index is 12.1. The Labute approximate surface area is 180 Å². The Balaban J connectivity index is 0.00000729. The van der Waals surface area contributed by atoms with Crippen molar-refractivity contribution in [3.63, 3.8) is 0 Å². The van der Waals surface area contributed by atoms with Crippen molar-refractivity contribution in [2.24, 2.45) is 4.99 Å². The van der Waals surface area contributed by atoms with Crippen LogP contribution in [0.1, 0.15) is 18.9 Å². The van der Waals surface area contributed by atoms with Crippen molar-refractivity contribution in [3.05, 3.63) is 23.9 Å². The molecule has 1 aromatic rings. The number of hydrogen-bond donors (Lipinski definition) is 2. The van der Waals surface area contributed by atoms with E-state index in [9.17, 15) is 13.2 Å². The van der Waals surface area contributed by atoms with E-state index in [4.69, 9.17) is 9.47 Å². The smallest absolute Gasteiger partial charge is 0.422 e. The number of nitrogens with zero attached hydrogens (tertiary/aromatic N) is 2. The molecule has 0 aromatic carbocycles. The zero-order chi connectivity index (χ0) is 20.0. The summed E-state index contributed by atoms with van der Waals surface area (Å²) in [5.41, 5.74) is 0.759. The van der Waals surface area contributed by atoms with Crippen molar-refractivity contribution in [3.8, 4) is 5.88 Å². The van der Waals surface area contributed by atoms with Crippen molar-refractivity contribution in [2.75, 3.05) is 46.6 Å². The van der Waals surface area contributed by atoms with Gasteiger partial charge in [0.1, 0.15) is 0 Å². The van der Waals surface area contributed by atoms with Gasteiger partial charge < -0.3 is 24.8 Å². The lowest BCUT2D eigenvalue weighted by molar-refractivity contribution is -0.154. The van der Waals surface area contributed by atoms with E-state index >= 15 is 0 Å². The van der Waals surface area contributed by atoms with Crippen molar-refractivity contribution in [1.29, 1.82) is 0 Å². The summed E-state index contributed by atoms with van der Waals surface area (Å²) in [6.07, 6.45) is -2.12. The summed E-state index contributed by atoms with van der Waals surface area (Å²) < 4.78 is 51.2. The van der Waals surface area contributed by atoms with Gasteiger partial charge in [0.25, 0.3) is 0 Å². The van der Waals surface area contributed by atoms with E-state index in [0.29, 0.717) is 45.4 Å². The molecule has 0 saturated carbocycles. The molecule has 0 unspecified atom stereocenters. The van der Waals surface area contributed by atoms with Gasteiger partial charge in [-0.2, -0.15) is 13.2 Å². The number of guanidine groups is 1. The normalized spacial score (nSPS) is 11.7. The van der Waals surface area contributed by atoms with Gasteiger partial charge in [0.15, 0.2) is 12.6 Å². The lowest BCUT2D eigenvalue weighted by Gasteiger charge is -2.11. The molecule has 0 spiro atoms. The van der Waals surface area contributed by atoms with Crippen LogP contribution in [0.5, 0.6) is 5.88 Å². The number of ether oxygens (including phenoxy) is 3. The van der Waals surface area contributed by atoms with E-state index in [-0.39, 0.29) is 29.9 Å². The molecule has 0 saturated heterocycles. The average molecular weight is 520 g/mol. The second-order valence-corrected chi connectivity index (χ2v) is 5.49. The molecule has 1 aromatic heterocycles. The Morgan fingerprint density at radius 3 is 2.57 bits per heavy atom. The highest BCUT2D eigenvalue weighted by molar-refractivity contribution is 14.0. The highest BCUT2D eigenvalue weighted by Gasteiger charge is 2.28. The van der Waals surface area contributed by atoms with Gasteiger partial charge in [-0.05, 0) is 18.9 Å². The topological polar surface area (TPSA) is 77.0 Å². The molecule has 2 N–H and O–H groups in total. The molecule has 0 fully saturated rings. The first-order valence-corrected chi connectivity index (χ1v) is 8.68. The van der Waals surface area contributed by atoms with Crippen molar-refractivity contribution in [2.45, 2.75) is 26.1 Å². The first-order valence-electron chi connectivity index (χ1n) is 8.68. The van der Waals surface area contributed by atoms with E-state index in [1.807, 2.05) is 6.92 Å². The first kappa shape index (κ1) is 26.7. The van der Waals surface area contributed by atoms with Gasteiger partial charge in [-0.15, -0.1) is 24.0 Å². The van der Waals surface area contributed by atoms with Gasteiger partial charge in [0.2, 0.25) is 5.88 Å². The molecule has 0 aliphatic rings. The van der Waals surface area contributed by atoms with Crippen LogP contribution in [-0.2, 0) is 16.0 Å². The second-order valence-electron chi connectivity index (χ2n) is 5.49. The fourth-order valence-electron chi connectivity index (χ4n) is 1.88. The van der Waals surface area contributed by atoms with Gasteiger partial charge in [0.05, 0.1) is 19.8 Å². The summed E-state index contributed by atoms with van der Waals surface area (Å²) in [6.45, 7) is 4.11. The van der Waals surface area contributed by atoms with Gasteiger partial charge in [-0.25, -0.2) is 9.98 Å². The molecule has 0 radical (unpaired) electrons. The van der Waals surface area contributed by atoms with Crippen LogP contribution in [0.3, 0.4) is 0 Å². The fourth-order valence-corrected chi connectivity index (χ4v) is 1.88. The molecule has 0 aliphatic heterocycles. The summed E-state index contributed by atoms with van der Waals surface area (Å²) >= 11 is 0. The quantitative estimate of drug-likeness (QED) is 0.191. The minimum Gasteiger partial charge on any atom is -0.468 e. The number of alkyl halides is 3. The van der Waals surface area contributed by atoms with Crippen LogP contribution in [0.15, 0.2) is 23.3 Å². The van der Waals surface area contributed by atoms with Crippen LogP contribution in [0.4, 0.5) is 13.2 Å². The third-order valence-electron chi connectivity index (χ3n) is 3.13. The monoisotopic (exact) mass is 520 g/mol. The van der Waals surface area contributed by atoms with Crippen LogP contribution in [0.2, 0.25) is 0 Å². The van der Waals surface area contributed by atoms with Crippen LogP contribution in [0, 0.1) is 0 Å². The Hall–Kier alpha value is -1.34. The number of aromatic nitrogens is 1. The van der Waals surface area contributed by atoms with Crippen molar-refractivity contribution in [1.82, 2.24) is 15.6 Å². The summed E-state index contributed by atoms with van der Waals surface area (Å²) in [4.78, 5) is 8.28. The average Bonchev–Trinajstić information content (AvgIpc) is 2.64. The number of nitrogens with one attached hydrogen (secondary N) is 2. The Bertz CT molecular complexity index is 545. The molecule has 1 rings (SSSR count). The summed E-state index contributed by atoms with van der Waals surface area (Å²) in [5.74, 6) is 0.574. The Morgan fingerprint density at radius 1 is 1.18 bits per heavy atom. The number of methoxy groups -OCH3 is 1. The molecule has 0 bridgehead atoms. The SMILES string of the molecule is CCNC(=NCc1ccc(OCC(F)(F)F)nc1)NCCCOCCOC.I. The highest BCUT2D eigenvalue weighted by Crippen LogP contribution is 2.17. The number of halogens is 4. The van der Waals surface area contributed by atoms with Crippen molar-refractivity contribution >= 4 is 29.9 Å². The molecule has 11 heteroatoms. The fraction of sp³-hybridized carbons (Fsp3) is 0.647. The van der Waals surface area contributed by atoms with E-state index in [2.05, 4.69) is 25.3 Å². The maximum atomic E-state index is 12.1. The van der Waals surface area contributed by atoms with Gasteiger partial charge in [-0.1, -0.05) is 6.07 Å². The number of rotatable bonds is 12. The lowest BCUT2D eigenvalue weighted by Crippen LogP contribution is -2.38. The summed E-state index contributed by atoms with van der Waals surface area (Å²) in [6, 6.07) is 3.03. The first-order chi connectivity index (χ1) is 12.9. The van der Waals surface area contributed by atoms with Crippen LogP contribution < -0.4 is 15.4 Å². The summed E-state index contributed by atoms with van der Waals surface area (Å²) in [5, 5.41) is 6.31. The third kappa shape index (κ3) is 13.8. The van der Waals surface area contributed by atoms with Gasteiger partial charge in [0, 0.05) is 39.1 Å². The largest absolute Gasteiger partial charge is 0.468 e. The second kappa shape index (κ2) is 15.6. The third-order valence-corrected chi connectivity index (χ3v) is 3.13. The van der Waals surface area contributed by atoms with E-state index < -0.39 is 12.8 Å². The van der Waals surface area contributed by atoms with Gasteiger partial charge in [-0.3, -0.25) is 0 Å². The van der Waals surface area contributed by atoms with Crippen LogP contribution in [-0.4, -0.2) is 63.7 Å². The van der Waals surface area contributed by atoms with Crippen molar-refractivity contribution < 1.29 is 27.4 Å². The zero-order valence-electron chi connectivity index (χ0n) is 16.1. The molecular weight excluding hydrogens is 492 g/mol. The predicted molar refractivity (Wildman–Crippen MR) is 111 cm³/mol. The molecule has 162 valence electrons.